The lowest BCUT2D eigenvalue weighted by Gasteiger charge is -2.28. The molecule has 0 bridgehead atoms. The minimum Gasteiger partial charge on any atom is -0.385 e. The molecule has 1 fully saturated rings. The second-order valence-electron chi connectivity index (χ2n) is 9.53. The quantitative estimate of drug-likeness (QED) is 0.228. The molecule has 7 nitrogen and oxygen atoms in total. The van der Waals surface area contributed by atoms with E-state index in [2.05, 4.69) is 13.8 Å². The molecule has 2 amide bonds. The molecule has 0 aromatic carbocycles. The molecule has 0 aliphatic carbocycles. The number of imide groups is 1. The molecule has 0 aromatic heterocycles. The van der Waals surface area contributed by atoms with E-state index in [1.54, 1.807) is 26.0 Å². The molecular formula is C23H43NO6S. The van der Waals surface area contributed by atoms with E-state index in [1.807, 2.05) is 13.8 Å². The number of amides is 2. The largest absolute Gasteiger partial charge is 0.385 e. The Labute approximate surface area is 192 Å². The molecule has 0 spiro atoms. The minimum absolute atomic E-state index is 0.0672. The first-order valence-electron chi connectivity index (χ1n) is 11.3. The lowest BCUT2D eigenvalue weighted by molar-refractivity contribution is -0.139. The molecule has 0 saturated carbocycles. The zero-order valence-electron chi connectivity index (χ0n) is 20.4. The van der Waals surface area contributed by atoms with Gasteiger partial charge in [-0.05, 0) is 32.4 Å². The van der Waals surface area contributed by atoms with Crippen molar-refractivity contribution in [3.05, 3.63) is 0 Å². The van der Waals surface area contributed by atoms with Crippen LogP contribution >= 0.6 is 11.8 Å². The molecule has 182 valence electrons. The van der Waals surface area contributed by atoms with Gasteiger partial charge < -0.3 is 18.9 Å². The second-order valence-corrected chi connectivity index (χ2v) is 10.8. The highest BCUT2D eigenvalue weighted by Gasteiger charge is 2.38. The van der Waals surface area contributed by atoms with E-state index in [1.165, 1.54) is 4.90 Å². The summed E-state index contributed by atoms with van der Waals surface area (Å²) in [4.78, 5) is 26.2. The first-order valence-corrected chi connectivity index (χ1v) is 12.3. The lowest BCUT2D eigenvalue weighted by atomic mass is 9.96. The van der Waals surface area contributed by atoms with E-state index in [0.717, 1.165) is 38.0 Å². The summed E-state index contributed by atoms with van der Waals surface area (Å²) in [6.45, 7) is 11.1. The van der Waals surface area contributed by atoms with E-state index in [0.29, 0.717) is 39.4 Å². The molecule has 1 aliphatic heterocycles. The van der Waals surface area contributed by atoms with Crippen LogP contribution in [0.4, 0.5) is 0 Å². The van der Waals surface area contributed by atoms with Gasteiger partial charge in [-0.2, -0.15) is 0 Å². The van der Waals surface area contributed by atoms with Crippen LogP contribution in [0.5, 0.6) is 0 Å². The highest BCUT2D eigenvalue weighted by molar-refractivity contribution is 8.00. The van der Waals surface area contributed by atoms with Gasteiger partial charge in [0.1, 0.15) is 0 Å². The summed E-state index contributed by atoms with van der Waals surface area (Å²) < 4.78 is 21.9. The minimum atomic E-state index is -0.314. The van der Waals surface area contributed by atoms with E-state index in [9.17, 15) is 9.59 Å². The number of methoxy groups -OCH3 is 2. The van der Waals surface area contributed by atoms with Gasteiger partial charge >= 0.3 is 0 Å². The average molecular weight is 462 g/mol. The molecule has 1 atom stereocenters. The predicted octanol–water partition coefficient (Wildman–Crippen LogP) is 3.54. The Balaban J connectivity index is 2.22. The van der Waals surface area contributed by atoms with Crippen molar-refractivity contribution in [2.24, 2.45) is 5.41 Å². The normalized spacial score (nSPS) is 17.7. The fourth-order valence-corrected chi connectivity index (χ4v) is 4.31. The molecule has 1 unspecified atom stereocenters. The van der Waals surface area contributed by atoms with Crippen LogP contribution in [0.1, 0.15) is 59.8 Å². The third-order valence-corrected chi connectivity index (χ3v) is 6.51. The first kappa shape index (κ1) is 28.4. The number of thioether (sulfide) groups is 1. The van der Waals surface area contributed by atoms with Gasteiger partial charge in [0.2, 0.25) is 11.8 Å². The fourth-order valence-electron chi connectivity index (χ4n) is 3.12. The molecule has 31 heavy (non-hydrogen) atoms. The van der Waals surface area contributed by atoms with E-state index in [-0.39, 0.29) is 28.1 Å². The smallest absolute Gasteiger partial charge is 0.242 e. The van der Waals surface area contributed by atoms with Crippen LogP contribution in [-0.2, 0) is 28.5 Å². The Bertz CT molecular complexity index is 540. The molecule has 1 heterocycles. The van der Waals surface area contributed by atoms with Crippen molar-refractivity contribution in [2.75, 3.05) is 59.6 Å². The number of unbranched alkanes of at least 4 members (excludes halogenated alkanes) is 3. The maximum absolute atomic E-state index is 12.6. The van der Waals surface area contributed by atoms with Gasteiger partial charge in [-0.3, -0.25) is 14.5 Å². The van der Waals surface area contributed by atoms with Crippen molar-refractivity contribution >= 4 is 23.6 Å². The van der Waals surface area contributed by atoms with Gasteiger partial charge in [-0.15, -0.1) is 11.8 Å². The summed E-state index contributed by atoms with van der Waals surface area (Å²) in [5.41, 5.74) is -0.476. The van der Waals surface area contributed by atoms with Gasteiger partial charge in [-0.1, -0.05) is 26.7 Å². The summed E-state index contributed by atoms with van der Waals surface area (Å²) in [7, 11) is 3.39. The molecular weight excluding hydrogens is 418 g/mol. The van der Waals surface area contributed by atoms with Crippen LogP contribution in [0, 0.1) is 5.41 Å². The van der Waals surface area contributed by atoms with E-state index < -0.39 is 0 Å². The van der Waals surface area contributed by atoms with Crippen molar-refractivity contribution < 1.29 is 28.5 Å². The van der Waals surface area contributed by atoms with Crippen LogP contribution in [0.2, 0.25) is 0 Å². The average Bonchev–Trinajstić information content (AvgIpc) is 2.97. The van der Waals surface area contributed by atoms with Crippen molar-refractivity contribution in [3.8, 4) is 0 Å². The summed E-state index contributed by atoms with van der Waals surface area (Å²) in [5.74, 6) is 0.757. The van der Waals surface area contributed by atoms with Gasteiger partial charge in [0, 0.05) is 32.7 Å². The Kier molecular flexibility index (Phi) is 13.2. The SMILES string of the molecule is COCCCCCCSC1CC(=O)N(CCOCC(C)(C)COCC(C)(C)OC)C1=O. The number of hydrogen-bond acceptors (Lipinski definition) is 7. The highest BCUT2D eigenvalue weighted by Crippen LogP contribution is 2.26. The fraction of sp³-hybridized carbons (Fsp3) is 0.913. The number of hydrogen-bond donors (Lipinski definition) is 0. The number of carbonyl (C=O) groups excluding carboxylic acids is 2. The third kappa shape index (κ3) is 11.7. The van der Waals surface area contributed by atoms with E-state index in [4.69, 9.17) is 18.9 Å². The number of ether oxygens (including phenoxy) is 4. The second kappa shape index (κ2) is 14.5. The molecule has 1 rings (SSSR count). The van der Waals surface area contributed by atoms with Crippen molar-refractivity contribution in [1.29, 1.82) is 0 Å². The monoisotopic (exact) mass is 461 g/mol. The Morgan fingerprint density at radius 1 is 0.935 bits per heavy atom. The van der Waals surface area contributed by atoms with Crippen molar-refractivity contribution in [2.45, 2.75) is 70.7 Å². The van der Waals surface area contributed by atoms with Crippen molar-refractivity contribution in [3.63, 3.8) is 0 Å². The summed E-state index contributed by atoms with van der Waals surface area (Å²) in [6.07, 6.45) is 4.71. The number of nitrogens with zero attached hydrogens (tertiary/aromatic N) is 1. The Morgan fingerprint density at radius 3 is 2.29 bits per heavy atom. The summed E-state index contributed by atoms with van der Waals surface area (Å²) >= 11 is 1.61. The van der Waals surface area contributed by atoms with Crippen LogP contribution in [0.3, 0.4) is 0 Å². The van der Waals surface area contributed by atoms with E-state index >= 15 is 0 Å². The number of carbonyl (C=O) groups is 2. The first-order chi connectivity index (χ1) is 14.6. The van der Waals surface area contributed by atoms with Gasteiger partial charge in [0.05, 0.1) is 43.8 Å². The molecule has 0 N–H and O–H groups in total. The lowest BCUT2D eigenvalue weighted by Crippen LogP contribution is -2.36. The summed E-state index contributed by atoms with van der Waals surface area (Å²) in [6, 6.07) is 0. The number of likely N-dealkylation sites (tertiary alicyclic amines) is 1. The predicted molar refractivity (Wildman–Crippen MR) is 124 cm³/mol. The number of rotatable bonds is 18. The maximum atomic E-state index is 12.6. The maximum Gasteiger partial charge on any atom is 0.242 e. The summed E-state index contributed by atoms with van der Waals surface area (Å²) in [5, 5.41) is -0.236. The zero-order chi connectivity index (χ0) is 23.3. The molecule has 1 saturated heterocycles. The van der Waals surface area contributed by atoms with Crippen LogP contribution in [-0.4, -0.2) is 87.1 Å². The highest BCUT2D eigenvalue weighted by atomic mass is 32.2. The van der Waals surface area contributed by atoms with Crippen molar-refractivity contribution in [1.82, 2.24) is 4.90 Å². The zero-order valence-corrected chi connectivity index (χ0v) is 21.2. The van der Waals surface area contributed by atoms with Gasteiger partial charge in [0.25, 0.3) is 0 Å². The van der Waals surface area contributed by atoms with Gasteiger partial charge in [0.15, 0.2) is 0 Å². The van der Waals surface area contributed by atoms with Crippen LogP contribution < -0.4 is 0 Å². The van der Waals surface area contributed by atoms with Crippen LogP contribution in [0.25, 0.3) is 0 Å². The molecule has 0 radical (unpaired) electrons. The Hall–Kier alpha value is -0.670. The topological polar surface area (TPSA) is 74.3 Å². The standard InChI is InChI=1S/C23H43NO6S/c1-22(2,17-30-18-23(3,4)28-6)16-29-13-11-24-20(25)15-19(21(24)26)31-14-10-8-7-9-12-27-5/h19H,7-18H2,1-6H3. The molecule has 1 aliphatic rings. The molecule has 8 heteroatoms. The van der Waals surface area contributed by atoms with Crippen LogP contribution in [0.15, 0.2) is 0 Å². The van der Waals surface area contributed by atoms with Gasteiger partial charge in [-0.25, -0.2) is 0 Å². The molecule has 0 aromatic rings. The Morgan fingerprint density at radius 2 is 1.61 bits per heavy atom. The third-order valence-electron chi connectivity index (χ3n) is 5.21.